The molecule has 6 heteroatoms. The zero-order valence-corrected chi connectivity index (χ0v) is 27.3. The second kappa shape index (κ2) is 17.0. The van der Waals surface area contributed by atoms with Gasteiger partial charge in [-0.15, -0.1) is 0 Å². The number of ether oxygens (including phenoxy) is 1. The van der Waals surface area contributed by atoms with Crippen LogP contribution in [0.15, 0.2) is 84.9 Å². The van der Waals surface area contributed by atoms with E-state index in [-0.39, 0.29) is 12.1 Å². The minimum atomic E-state index is -0.329. The minimum Gasteiger partial charge on any atom is -0.454 e. The van der Waals surface area contributed by atoms with E-state index >= 15 is 0 Å². The van der Waals surface area contributed by atoms with E-state index < -0.39 is 0 Å². The number of para-hydroxylation sites is 1. The van der Waals surface area contributed by atoms with Crippen LogP contribution in [0.4, 0.5) is 0 Å². The smallest absolute Gasteiger partial charge is 0.339 e. The largest absolute Gasteiger partial charge is 0.454 e. The van der Waals surface area contributed by atoms with Crippen molar-refractivity contribution in [2.45, 2.75) is 53.7 Å². The first-order chi connectivity index (χ1) is 21.5. The van der Waals surface area contributed by atoms with Crippen LogP contribution in [-0.4, -0.2) is 78.0 Å². The minimum absolute atomic E-state index is 0.293. The van der Waals surface area contributed by atoms with Gasteiger partial charge >= 0.3 is 5.97 Å². The van der Waals surface area contributed by atoms with Crippen LogP contribution in [0.2, 0.25) is 0 Å². The molecule has 4 aromatic rings. The first-order valence-electron chi connectivity index (χ1n) is 16.4. The third-order valence-corrected chi connectivity index (χ3v) is 8.67. The SMILES string of the molecule is CCC(OC(=O)c1c(CN(CCN(CC)CC)CCN(CC)CC)c(-c2ccccc2)nc2ccccc12)c1ccccc1. The normalized spacial score (nSPS) is 12.4. The lowest BCUT2D eigenvalue weighted by Crippen LogP contribution is -2.39. The molecule has 1 unspecified atom stereocenters. The van der Waals surface area contributed by atoms with Crippen LogP contribution in [0.3, 0.4) is 0 Å². The van der Waals surface area contributed by atoms with Crippen LogP contribution in [0.1, 0.15) is 68.6 Å². The van der Waals surface area contributed by atoms with E-state index in [9.17, 15) is 4.79 Å². The van der Waals surface area contributed by atoms with Gasteiger partial charge in [-0.3, -0.25) is 4.90 Å². The summed E-state index contributed by atoms with van der Waals surface area (Å²) in [7, 11) is 0. The molecule has 0 aliphatic heterocycles. The number of hydrogen-bond donors (Lipinski definition) is 0. The highest BCUT2D eigenvalue weighted by atomic mass is 16.5. The summed E-state index contributed by atoms with van der Waals surface area (Å²) in [5.74, 6) is -0.293. The van der Waals surface area contributed by atoms with Crippen LogP contribution < -0.4 is 0 Å². The molecule has 234 valence electrons. The van der Waals surface area contributed by atoms with Gasteiger partial charge < -0.3 is 14.5 Å². The van der Waals surface area contributed by atoms with Crippen LogP contribution in [0.25, 0.3) is 22.2 Å². The van der Waals surface area contributed by atoms with Gasteiger partial charge in [-0.2, -0.15) is 0 Å². The van der Waals surface area contributed by atoms with Crippen molar-refractivity contribution in [1.29, 1.82) is 0 Å². The summed E-state index contributed by atoms with van der Waals surface area (Å²) < 4.78 is 6.36. The molecule has 0 aliphatic carbocycles. The molecule has 1 atom stereocenters. The van der Waals surface area contributed by atoms with E-state index in [0.717, 1.165) is 85.6 Å². The van der Waals surface area contributed by atoms with Crippen molar-refractivity contribution in [3.63, 3.8) is 0 Å². The number of likely N-dealkylation sites (N-methyl/N-ethyl adjacent to an activating group) is 2. The van der Waals surface area contributed by atoms with Gasteiger partial charge in [0.05, 0.1) is 16.8 Å². The fraction of sp³-hybridized carbons (Fsp3) is 0.421. The molecule has 0 bridgehead atoms. The lowest BCUT2D eigenvalue weighted by molar-refractivity contribution is 0.0287. The summed E-state index contributed by atoms with van der Waals surface area (Å²) in [6.07, 6.45) is 0.365. The number of carbonyl (C=O) groups is 1. The fourth-order valence-corrected chi connectivity index (χ4v) is 5.86. The van der Waals surface area contributed by atoms with Crippen LogP contribution >= 0.6 is 0 Å². The van der Waals surface area contributed by atoms with Crippen molar-refractivity contribution >= 4 is 16.9 Å². The summed E-state index contributed by atoms with van der Waals surface area (Å²) in [4.78, 5) is 27.0. The molecular weight excluding hydrogens is 544 g/mol. The number of pyridine rings is 1. The molecule has 0 amide bonds. The standard InChI is InChI=1S/C38H50N4O2/c1-6-35(30-19-13-11-14-20-30)44-38(43)36-32-23-17-18-24-34(32)39-37(31-21-15-12-16-22-31)33(36)29-42(27-25-40(7-2)8-3)28-26-41(9-4)10-5/h11-24,35H,6-10,25-29H2,1-5H3. The Morgan fingerprint density at radius 2 is 1.20 bits per heavy atom. The molecule has 0 spiro atoms. The van der Waals surface area contributed by atoms with Gasteiger partial charge in [0, 0.05) is 49.2 Å². The predicted octanol–water partition coefficient (Wildman–Crippen LogP) is 7.70. The zero-order chi connectivity index (χ0) is 31.3. The number of aromatic nitrogens is 1. The van der Waals surface area contributed by atoms with Crippen molar-refractivity contribution in [1.82, 2.24) is 19.7 Å². The van der Waals surface area contributed by atoms with Crippen molar-refractivity contribution in [2.75, 3.05) is 52.4 Å². The van der Waals surface area contributed by atoms with Gasteiger partial charge in [-0.05, 0) is 44.2 Å². The van der Waals surface area contributed by atoms with Gasteiger partial charge in [0.2, 0.25) is 0 Å². The topological polar surface area (TPSA) is 48.9 Å². The number of esters is 1. The third-order valence-electron chi connectivity index (χ3n) is 8.67. The monoisotopic (exact) mass is 594 g/mol. The van der Waals surface area contributed by atoms with E-state index in [1.165, 1.54) is 0 Å². The van der Waals surface area contributed by atoms with Gasteiger partial charge in [0.15, 0.2) is 0 Å². The summed E-state index contributed by atoms with van der Waals surface area (Å²) >= 11 is 0. The van der Waals surface area contributed by atoms with Gasteiger partial charge in [-0.25, -0.2) is 9.78 Å². The van der Waals surface area contributed by atoms with Crippen LogP contribution in [0, 0.1) is 0 Å². The Kier molecular flexibility index (Phi) is 12.9. The Morgan fingerprint density at radius 1 is 0.682 bits per heavy atom. The number of nitrogens with zero attached hydrogens (tertiary/aromatic N) is 4. The van der Waals surface area contributed by atoms with E-state index in [2.05, 4.69) is 61.5 Å². The van der Waals surface area contributed by atoms with Crippen LogP contribution in [0.5, 0.6) is 0 Å². The van der Waals surface area contributed by atoms with Crippen LogP contribution in [-0.2, 0) is 11.3 Å². The average molecular weight is 595 g/mol. The second-order valence-electron chi connectivity index (χ2n) is 11.2. The molecule has 1 heterocycles. The van der Waals surface area contributed by atoms with Gasteiger partial charge in [0.25, 0.3) is 0 Å². The summed E-state index contributed by atoms with van der Waals surface area (Å²) in [6, 6.07) is 28.3. The molecule has 1 aromatic heterocycles. The van der Waals surface area contributed by atoms with E-state index in [4.69, 9.17) is 9.72 Å². The highest BCUT2D eigenvalue weighted by molar-refractivity contribution is 6.06. The summed E-state index contributed by atoms with van der Waals surface area (Å²) in [5.41, 5.74) is 5.21. The molecular formula is C38H50N4O2. The quantitative estimate of drug-likeness (QED) is 0.117. The lowest BCUT2D eigenvalue weighted by Gasteiger charge is -2.30. The van der Waals surface area contributed by atoms with E-state index in [1.807, 2.05) is 72.8 Å². The first kappa shape index (κ1) is 33.3. The first-order valence-corrected chi connectivity index (χ1v) is 16.4. The second-order valence-corrected chi connectivity index (χ2v) is 11.2. The predicted molar refractivity (Wildman–Crippen MR) is 183 cm³/mol. The summed E-state index contributed by atoms with van der Waals surface area (Å²) in [6.45, 7) is 19.4. The molecule has 0 N–H and O–H groups in total. The molecule has 3 aromatic carbocycles. The maximum Gasteiger partial charge on any atom is 0.339 e. The van der Waals surface area contributed by atoms with E-state index in [1.54, 1.807) is 0 Å². The van der Waals surface area contributed by atoms with Crippen molar-refractivity contribution in [3.8, 4) is 11.3 Å². The average Bonchev–Trinajstić information content (AvgIpc) is 3.08. The molecule has 0 saturated heterocycles. The Hall–Kier alpha value is -3.58. The van der Waals surface area contributed by atoms with Crippen molar-refractivity contribution < 1.29 is 9.53 Å². The maximum absolute atomic E-state index is 14.4. The van der Waals surface area contributed by atoms with E-state index in [0.29, 0.717) is 18.5 Å². The Labute approximate surface area is 264 Å². The van der Waals surface area contributed by atoms with Crippen molar-refractivity contribution in [3.05, 3.63) is 102 Å². The Bertz CT molecular complexity index is 1420. The van der Waals surface area contributed by atoms with Crippen molar-refractivity contribution in [2.24, 2.45) is 0 Å². The highest BCUT2D eigenvalue weighted by Gasteiger charge is 2.27. The molecule has 4 rings (SSSR count). The maximum atomic E-state index is 14.4. The number of carbonyl (C=O) groups excluding carboxylic acids is 1. The highest BCUT2D eigenvalue weighted by Crippen LogP contribution is 2.33. The molecule has 0 radical (unpaired) electrons. The molecule has 0 aliphatic rings. The zero-order valence-electron chi connectivity index (χ0n) is 27.3. The number of hydrogen-bond acceptors (Lipinski definition) is 6. The molecule has 6 nitrogen and oxygen atoms in total. The fourth-order valence-electron chi connectivity index (χ4n) is 5.86. The molecule has 44 heavy (non-hydrogen) atoms. The molecule has 0 fully saturated rings. The Morgan fingerprint density at radius 3 is 1.77 bits per heavy atom. The third kappa shape index (κ3) is 8.53. The Balaban J connectivity index is 1.84. The summed E-state index contributed by atoms with van der Waals surface area (Å²) in [5, 5.41) is 0.836. The lowest BCUT2D eigenvalue weighted by atomic mass is 9.95. The number of rotatable bonds is 17. The molecule has 0 saturated carbocycles. The number of benzene rings is 3. The van der Waals surface area contributed by atoms with Gasteiger partial charge in [0.1, 0.15) is 6.10 Å². The van der Waals surface area contributed by atoms with Gasteiger partial charge in [-0.1, -0.05) is 113 Å². The number of fused-ring (bicyclic) bond motifs is 1.